The number of rotatable bonds is 5. The van der Waals surface area contributed by atoms with Gasteiger partial charge in [0.25, 0.3) is 5.91 Å². The summed E-state index contributed by atoms with van der Waals surface area (Å²) < 4.78 is 12.5. The third-order valence-corrected chi connectivity index (χ3v) is 5.10. The molecule has 2 N–H and O–H groups in total. The summed E-state index contributed by atoms with van der Waals surface area (Å²) >= 11 is 3.43. The molecule has 6 heteroatoms. The standard InChI is InChI=1S/C22H19BrN2O3/c1-27-20-12-15(21-24-18-5-3-2-4-17(18)22(26)25-21)8-11-19(20)28-13-14-6-9-16(23)10-7-14/h2-12,21,24H,13H2,1H3,(H,25,26). The Morgan fingerprint density at radius 2 is 1.75 bits per heavy atom. The zero-order valence-electron chi connectivity index (χ0n) is 15.2. The van der Waals surface area contributed by atoms with E-state index in [9.17, 15) is 4.79 Å². The number of anilines is 1. The van der Waals surface area contributed by atoms with Crippen LogP contribution in [-0.2, 0) is 6.61 Å². The van der Waals surface area contributed by atoms with Crippen molar-refractivity contribution in [2.45, 2.75) is 12.8 Å². The molecule has 1 unspecified atom stereocenters. The van der Waals surface area contributed by atoms with Gasteiger partial charge in [-0.1, -0.05) is 46.3 Å². The number of hydrogen-bond acceptors (Lipinski definition) is 4. The van der Waals surface area contributed by atoms with Gasteiger partial charge in [0.05, 0.1) is 12.7 Å². The zero-order chi connectivity index (χ0) is 19.5. The summed E-state index contributed by atoms with van der Waals surface area (Å²) in [7, 11) is 1.60. The van der Waals surface area contributed by atoms with Gasteiger partial charge in [0.1, 0.15) is 12.8 Å². The largest absolute Gasteiger partial charge is 0.493 e. The monoisotopic (exact) mass is 438 g/mol. The Kier molecular flexibility index (Phi) is 5.21. The Hall–Kier alpha value is -2.99. The number of para-hydroxylation sites is 1. The summed E-state index contributed by atoms with van der Waals surface area (Å²) in [6.07, 6.45) is -0.336. The number of carbonyl (C=O) groups excluding carboxylic acids is 1. The van der Waals surface area contributed by atoms with E-state index in [0.717, 1.165) is 21.3 Å². The summed E-state index contributed by atoms with van der Waals surface area (Å²) in [5.74, 6) is 1.16. The number of methoxy groups -OCH3 is 1. The molecule has 1 aliphatic heterocycles. The second-order valence-electron chi connectivity index (χ2n) is 6.42. The average Bonchev–Trinajstić information content (AvgIpc) is 2.73. The summed E-state index contributed by atoms with van der Waals surface area (Å²) in [6, 6.07) is 21.1. The fourth-order valence-corrected chi connectivity index (χ4v) is 3.36. The number of halogens is 1. The van der Waals surface area contributed by atoms with Gasteiger partial charge in [-0.15, -0.1) is 0 Å². The Balaban J connectivity index is 1.52. The van der Waals surface area contributed by atoms with Gasteiger partial charge >= 0.3 is 0 Å². The second kappa shape index (κ2) is 7.94. The first-order valence-electron chi connectivity index (χ1n) is 8.85. The van der Waals surface area contributed by atoms with Gasteiger partial charge < -0.3 is 20.1 Å². The van der Waals surface area contributed by atoms with E-state index in [-0.39, 0.29) is 12.1 Å². The molecule has 0 aliphatic carbocycles. The molecular weight excluding hydrogens is 420 g/mol. The molecule has 3 aromatic carbocycles. The lowest BCUT2D eigenvalue weighted by molar-refractivity contribution is 0.0935. The second-order valence-corrected chi connectivity index (χ2v) is 7.34. The number of hydrogen-bond donors (Lipinski definition) is 2. The van der Waals surface area contributed by atoms with Crippen LogP contribution in [0.5, 0.6) is 11.5 Å². The van der Waals surface area contributed by atoms with Gasteiger partial charge in [-0.2, -0.15) is 0 Å². The van der Waals surface area contributed by atoms with Crippen LogP contribution < -0.4 is 20.1 Å². The van der Waals surface area contributed by atoms with Crippen molar-refractivity contribution < 1.29 is 14.3 Å². The molecule has 0 spiro atoms. The highest BCUT2D eigenvalue weighted by Gasteiger charge is 2.24. The first-order valence-corrected chi connectivity index (χ1v) is 9.65. The maximum absolute atomic E-state index is 12.4. The molecule has 5 nitrogen and oxygen atoms in total. The van der Waals surface area contributed by atoms with E-state index in [4.69, 9.17) is 9.47 Å². The molecule has 3 aromatic rings. The molecule has 0 fully saturated rings. The van der Waals surface area contributed by atoms with Crippen LogP contribution in [0.1, 0.15) is 27.7 Å². The SMILES string of the molecule is COc1cc(C2NC(=O)c3ccccc3N2)ccc1OCc1ccc(Br)cc1. The predicted molar refractivity (Wildman–Crippen MR) is 112 cm³/mol. The van der Waals surface area contributed by atoms with E-state index in [2.05, 4.69) is 26.6 Å². The van der Waals surface area contributed by atoms with Crippen LogP contribution >= 0.6 is 15.9 Å². The highest BCUT2D eigenvalue weighted by molar-refractivity contribution is 9.10. The molecule has 0 radical (unpaired) electrons. The first-order chi connectivity index (χ1) is 13.6. The van der Waals surface area contributed by atoms with Gasteiger partial charge in [-0.25, -0.2) is 0 Å². The maximum Gasteiger partial charge on any atom is 0.255 e. The van der Waals surface area contributed by atoms with Crippen molar-refractivity contribution in [2.24, 2.45) is 0 Å². The van der Waals surface area contributed by atoms with Crippen molar-refractivity contribution >= 4 is 27.5 Å². The van der Waals surface area contributed by atoms with E-state index in [0.29, 0.717) is 23.7 Å². The molecular formula is C22H19BrN2O3. The van der Waals surface area contributed by atoms with E-state index < -0.39 is 0 Å². The van der Waals surface area contributed by atoms with E-state index in [1.165, 1.54) is 0 Å². The van der Waals surface area contributed by atoms with Crippen LogP contribution in [0.4, 0.5) is 5.69 Å². The molecule has 1 heterocycles. The molecule has 1 aliphatic rings. The molecule has 1 atom stereocenters. The fraction of sp³-hybridized carbons (Fsp3) is 0.136. The van der Waals surface area contributed by atoms with E-state index >= 15 is 0 Å². The summed E-state index contributed by atoms with van der Waals surface area (Å²) in [5, 5.41) is 6.32. The zero-order valence-corrected chi connectivity index (χ0v) is 16.8. The smallest absolute Gasteiger partial charge is 0.255 e. The van der Waals surface area contributed by atoms with E-state index in [1.54, 1.807) is 13.2 Å². The van der Waals surface area contributed by atoms with Gasteiger partial charge in [-0.05, 0) is 47.5 Å². The quantitative estimate of drug-likeness (QED) is 0.595. The number of carbonyl (C=O) groups is 1. The minimum atomic E-state index is -0.336. The van der Waals surface area contributed by atoms with Crippen LogP contribution in [0.25, 0.3) is 0 Å². The number of benzene rings is 3. The predicted octanol–water partition coefficient (Wildman–Crippen LogP) is 4.89. The van der Waals surface area contributed by atoms with Crippen LogP contribution in [0, 0.1) is 0 Å². The van der Waals surface area contributed by atoms with Crippen molar-refractivity contribution in [1.82, 2.24) is 5.32 Å². The molecule has 4 rings (SSSR count). The summed E-state index contributed by atoms with van der Waals surface area (Å²) in [6.45, 7) is 0.439. The van der Waals surface area contributed by atoms with Gasteiger partial charge in [0.15, 0.2) is 11.5 Å². The van der Waals surface area contributed by atoms with Crippen molar-refractivity contribution in [2.75, 3.05) is 12.4 Å². The minimum Gasteiger partial charge on any atom is -0.493 e. The highest BCUT2D eigenvalue weighted by atomic mass is 79.9. The maximum atomic E-state index is 12.4. The average molecular weight is 439 g/mol. The van der Waals surface area contributed by atoms with Crippen molar-refractivity contribution in [1.29, 1.82) is 0 Å². The van der Waals surface area contributed by atoms with E-state index in [1.807, 2.05) is 60.7 Å². The lowest BCUT2D eigenvalue weighted by Gasteiger charge is -2.28. The van der Waals surface area contributed by atoms with Crippen LogP contribution in [-0.4, -0.2) is 13.0 Å². The Morgan fingerprint density at radius 3 is 2.54 bits per heavy atom. The topological polar surface area (TPSA) is 59.6 Å². The fourth-order valence-electron chi connectivity index (χ4n) is 3.10. The highest BCUT2D eigenvalue weighted by Crippen LogP contribution is 2.33. The van der Waals surface area contributed by atoms with Crippen molar-refractivity contribution in [3.8, 4) is 11.5 Å². The first kappa shape index (κ1) is 18.4. The molecule has 1 amide bonds. The van der Waals surface area contributed by atoms with Crippen molar-refractivity contribution in [3.63, 3.8) is 0 Å². The number of nitrogens with one attached hydrogen (secondary N) is 2. The Bertz CT molecular complexity index is 1000. The molecule has 0 bridgehead atoms. The number of ether oxygens (including phenoxy) is 2. The third kappa shape index (κ3) is 3.82. The lowest BCUT2D eigenvalue weighted by Crippen LogP contribution is -2.38. The van der Waals surface area contributed by atoms with Crippen LogP contribution in [0.15, 0.2) is 71.2 Å². The Morgan fingerprint density at radius 1 is 0.964 bits per heavy atom. The third-order valence-electron chi connectivity index (χ3n) is 4.58. The minimum absolute atomic E-state index is 0.103. The van der Waals surface area contributed by atoms with Gasteiger partial charge in [0, 0.05) is 10.2 Å². The number of fused-ring (bicyclic) bond motifs is 1. The normalized spacial score (nSPS) is 15.2. The van der Waals surface area contributed by atoms with Gasteiger partial charge in [0.2, 0.25) is 0 Å². The molecule has 0 aromatic heterocycles. The van der Waals surface area contributed by atoms with Gasteiger partial charge in [-0.3, -0.25) is 4.79 Å². The molecule has 142 valence electrons. The lowest BCUT2D eigenvalue weighted by atomic mass is 10.1. The van der Waals surface area contributed by atoms with Crippen LogP contribution in [0.2, 0.25) is 0 Å². The Labute approximate surface area is 171 Å². The number of amides is 1. The molecule has 0 saturated carbocycles. The molecule has 0 saturated heterocycles. The summed E-state index contributed by atoms with van der Waals surface area (Å²) in [5.41, 5.74) is 3.40. The summed E-state index contributed by atoms with van der Waals surface area (Å²) in [4.78, 5) is 12.4. The van der Waals surface area contributed by atoms with Crippen LogP contribution in [0.3, 0.4) is 0 Å². The van der Waals surface area contributed by atoms with Crippen molar-refractivity contribution in [3.05, 3.63) is 87.9 Å². The molecule has 28 heavy (non-hydrogen) atoms.